The van der Waals surface area contributed by atoms with E-state index in [1.807, 2.05) is 80.6 Å². The third-order valence-corrected chi connectivity index (χ3v) is 5.10. The second kappa shape index (κ2) is 10.2. The summed E-state index contributed by atoms with van der Waals surface area (Å²) in [5, 5.41) is 0. The maximum absolute atomic E-state index is 6.35. The van der Waals surface area contributed by atoms with Gasteiger partial charge in [-0.1, -0.05) is 68.3 Å². The number of pyridine rings is 1. The van der Waals surface area contributed by atoms with Crippen molar-refractivity contribution in [1.82, 2.24) is 15.0 Å². The lowest BCUT2D eigenvalue weighted by atomic mass is 9.97. The first-order valence-corrected chi connectivity index (χ1v) is 10.4. The van der Waals surface area contributed by atoms with E-state index in [9.17, 15) is 0 Å². The quantitative estimate of drug-likeness (QED) is 0.400. The first-order valence-electron chi connectivity index (χ1n) is 10.4. The summed E-state index contributed by atoms with van der Waals surface area (Å²) in [6, 6.07) is 11.8. The molecule has 0 aliphatic heterocycles. The number of hydrogen-bond donors (Lipinski definition) is 2. The maximum Gasteiger partial charge on any atom is 0.138 e. The van der Waals surface area contributed by atoms with Crippen molar-refractivity contribution in [3.05, 3.63) is 127 Å². The van der Waals surface area contributed by atoms with Crippen LogP contribution in [-0.2, 0) is 0 Å². The van der Waals surface area contributed by atoms with Crippen molar-refractivity contribution in [2.75, 3.05) is 0 Å². The van der Waals surface area contributed by atoms with Gasteiger partial charge in [-0.05, 0) is 49.3 Å². The molecule has 3 aromatic rings. The van der Waals surface area contributed by atoms with E-state index in [1.165, 1.54) is 0 Å². The fourth-order valence-corrected chi connectivity index (χ4v) is 3.35. The Morgan fingerprint density at radius 1 is 1.06 bits per heavy atom. The van der Waals surface area contributed by atoms with E-state index in [1.54, 1.807) is 12.3 Å². The van der Waals surface area contributed by atoms with Gasteiger partial charge in [-0.3, -0.25) is 4.98 Å². The molecule has 0 saturated carbocycles. The molecule has 1 aromatic carbocycles. The lowest BCUT2D eigenvalue weighted by Gasteiger charge is -2.11. The standard InChI is InChI=1S/C28H28N4/c1-6-9-13-21(7-2)19(4)18-23(24(29)8-3)20(5)28-31-26-16-12-14-22(27(26)32-28)25-15-10-11-17-30-25/h6-18H,1,4-5,29H2,2-3H3,(H,31,32)/b13-9-,21-7+,23-18-,24-8+. The van der Waals surface area contributed by atoms with Crippen LogP contribution in [0.2, 0.25) is 0 Å². The van der Waals surface area contributed by atoms with E-state index in [4.69, 9.17) is 10.7 Å². The molecule has 3 rings (SSSR count). The molecule has 0 saturated heterocycles. The molecule has 0 aliphatic carbocycles. The molecule has 0 aliphatic rings. The molecule has 3 N–H and O–H groups in total. The van der Waals surface area contributed by atoms with Gasteiger partial charge in [0.2, 0.25) is 0 Å². The predicted octanol–water partition coefficient (Wildman–Crippen LogP) is 6.67. The SMILES string of the molecule is C=C/C=C\C(=C/C)C(=C)/C=C(C(=C)c1nc2c(-c3ccccn3)cccc2[nH]1)\C(N)=C/C. The van der Waals surface area contributed by atoms with Crippen molar-refractivity contribution in [2.24, 2.45) is 5.73 Å². The third-order valence-electron chi connectivity index (χ3n) is 5.10. The van der Waals surface area contributed by atoms with E-state index < -0.39 is 0 Å². The molecule has 160 valence electrons. The minimum absolute atomic E-state index is 0.602. The maximum atomic E-state index is 6.35. The molecule has 0 bridgehead atoms. The van der Waals surface area contributed by atoms with Gasteiger partial charge in [-0.15, -0.1) is 0 Å². The number of fused-ring (bicyclic) bond motifs is 1. The number of nitrogens with zero attached hydrogens (tertiary/aromatic N) is 2. The normalized spacial score (nSPS) is 13.0. The predicted molar refractivity (Wildman–Crippen MR) is 137 cm³/mol. The second-order valence-corrected chi connectivity index (χ2v) is 7.15. The number of benzene rings is 1. The minimum Gasteiger partial charge on any atom is -0.398 e. The van der Waals surface area contributed by atoms with E-state index in [-0.39, 0.29) is 0 Å². The first kappa shape index (κ1) is 22.5. The van der Waals surface area contributed by atoms with Gasteiger partial charge in [0.1, 0.15) is 5.82 Å². The highest BCUT2D eigenvalue weighted by Crippen LogP contribution is 2.31. The van der Waals surface area contributed by atoms with Crippen LogP contribution >= 0.6 is 0 Å². The van der Waals surface area contributed by atoms with E-state index in [0.717, 1.165) is 39.0 Å². The zero-order valence-corrected chi connectivity index (χ0v) is 18.6. The van der Waals surface area contributed by atoms with Crippen molar-refractivity contribution < 1.29 is 0 Å². The smallest absolute Gasteiger partial charge is 0.138 e. The lowest BCUT2D eigenvalue weighted by Crippen LogP contribution is -2.04. The van der Waals surface area contributed by atoms with Crippen molar-refractivity contribution in [3.63, 3.8) is 0 Å². The van der Waals surface area contributed by atoms with Crippen LogP contribution < -0.4 is 5.73 Å². The molecular weight excluding hydrogens is 392 g/mol. The third kappa shape index (κ3) is 4.76. The molecule has 4 nitrogen and oxygen atoms in total. The molecular formula is C28H28N4. The lowest BCUT2D eigenvalue weighted by molar-refractivity contribution is 1.23. The first-order chi connectivity index (χ1) is 15.5. The highest BCUT2D eigenvalue weighted by atomic mass is 14.9. The van der Waals surface area contributed by atoms with Gasteiger partial charge in [0, 0.05) is 28.6 Å². The fourth-order valence-electron chi connectivity index (χ4n) is 3.35. The van der Waals surface area contributed by atoms with E-state index in [0.29, 0.717) is 17.1 Å². The summed E-state index contributed by atoms with van der Waals surface area (Å²) < 4.78 is 0. The summed E-state index contributed by atoms with van der Waals surface area (Å²) in [5.74, 6) is 0.649. The molecule has 2 aromatic heterocycles. The molecule has 2 heterocycles. The van der Waals surface area contributed by atoms with Gasteiger partial charge >= 0.3 is 0 Å². The zero-order chi connectivity index (χ0) is 23.1. The Morgan fingerprint density at radius 3 is 2.53 bits per heavy atom. The monoisotopic (exact) mass is 420 g/mol. The average molecular weight is 421 g/mol. The Balaban J connectivity index is 2.07. The van der Waals surface area contributed by atoms with Crippen molar-refractivity contribution in [2.45, 2.75) is 13.8 Å². The number of rotatable bonds is 8. The van der Waals surface area contributed by atoms with E-state index >= 15 is 0 Å². The number of hydrogen-bond acceptors (Lipinski definition) is 3. The Bertz CT molecular complexity index is 1280. The molecule has 32 heavy (non-hydrogen) atoms. The molecule has 0 fully saturated rings. The van der Waals surface area contributed by atoms with Crippen LogP contribution in [0.25, 0.3) is 27.9 Å². The van der Waals surface area contributed by atoms with Gasteiger partial charge in [0.05, 0.1) is 16.7 Å². The number of para-hydroxylation sites is 1. The number of nitrogens with one attached hydrogen (secondary N) is 1. The largest absolute Gasteiger partial charge is 0.398 e. The second-order valence-electron chi connectivity index (χ2n) is 7.15. The summed E-state index contributed by atoms with van der Waals surface area (Å²) in [5.41, 5.74) is 13.8. The van der Waals surface area contributed by atoms with Crippen LogP contribution in [0, 0.1) is 0 Å². The van der Waals surface area contributed by atoms with Gasteiger partial charge < -0.3 is 10.7 Å². The highest BCUT2D eigenvalue weighted by molar-refractivity contribution is 5.93. The van der Waals surface area contributed by atoms with Gasteiger partial charge in [0.15, 0.2) is 0 Å². The van der Waals surface area contributed by atoms with Gasteiger partial charge in [0.25, 0.3) is 0 Å². The number of aromatic nitrogens is 3. The Kier molecular flexibility index (Phi) is 7.19. The van der Waals surface area contributed by atoms with Crippen LogP contribution in [0.4, 0.5) is 0 Å². The highest BCUT2D eigenvalue weighted by Gasteiger charge is 2.16. The van der Waals surface area contributed by atoms with Gasteiger partial charge in [-0.25, -0.2) is 4.98 Å². The van der Waals surface area contributed by atoms with Crippen molar-refractivity contribution >= 4 is 16.6 Å². The topological polar surface area (TPSA) is 67.6 Å². The molecule has 0 unspecified atom stereocenters. The summed E-state index contributed by atoms with van der Waals surface area (Å²) >= 11 is 0. The van der Waals surface area contributed by atoms with Crippen LogP contribution in [0.1, 0.15) is 19.7 Å². The molecule has 0 radical (unpaired) electrons. The molecule has 0 amide bonds. The molecule has 4 heteroatoms. The van der Waals surface area contributed by atoms with Crippen molar-refractivity contribution in [3.8, 4) is 11.3 Å². The Morgan fingerprint density at radius 2 is 1.88 bits per heavy atom. The van der Waals surface area contributed by atoms with E-state index in [2.05, 4.69) is 29.7 Å². The molecule has 0 atom stereocenters. The minimum atomic E-state index is 0.602. The fraction of sp³-hybridized carbons (Fsp3) is 0.0714. The average Bonchev–Trinajstić information content (AvgIpc) is 3.27. The number of H-pyrrole nitrogens is 1. The molecule has 0 spiro atoms. The number of aromatic amines is 1. The van der Waals surface area contributed by atoms with Crippen LogP contribution in [-0.4, -0.2) is 15.0 Å². The zero-order valence-electron chi connectivity index (χ0n) is 18.6. The van der Waals surface area contributed by atoms with Gasteiger partial charge in [-0.2, -0.15) is 0 Å². The van der Waals surface area contributed by atoms with Crippen molar-refractivity contribution in [1.29, 1.82) is 0 Å². The summed E-state index contributed by atoms with van der Waals surface area (Å²) in [4.78, 5) is 12.7. The van der Waals surface area contributed by atoms with Crippen LogP contribution in [0.5, 0.6) is 0 Å². The van der Waals surface area contributed by atoms with Crippen LogP contribution in [0.3, 0.4) is 0 Å². The Labute approximate surface area is 189 Å². The van der Waals surface area contributed by atoms with Crippen LogP contribution in [0.15, 0.2) is 121 Å². The summed E-state index contributed by atoms with van der Waals surface area (Å²) in [7, 11) is 0. The Hall–Kier alpha value is -4.18. The number of allylic oxidation sites excluding steroid dienone is 9. The number of nitrogens with two attached hydrogens (primary N) is 1. The summed E-state index contributed by atoms with van der Waals surface area (Å²) in [6.45, 7) is 16.1. The number of imidazole rings is 1. The summed E-state index contributed by atoms with van der Waals surface area (Å²) in [6.07, 6.45) is 13.1.